The molecule has 1 fully saturated rings. The van der Waals surface area contributed by atoms with Crippen LogP contribution in [0.4, 0.5) is 0 Å². The first-order valence-electron chi connectivity index (χ1n) is 3.07. The molecule has 0 atom stereocenters. The summed E-state index contributed by atoms with van der Waals surface area (Å²) in [5, 5.41) is 0. The quantitative estimate of drug-likeness (QED) is 0.590. The molecule has 0 N–H and O–H groups in total. The first kappa shape index (κ1) is 7.00. The van der Waals surface area contributed by atoms with E-state index in [1.807, 2.05) is 7.05 Å². The van der Waals surface area contributed by atoms with Gasteiger partial charge in [0.25, 0.3) is 0 Å². The van der Waals surface area contributed by atoms with Crippen molar-refractivity contribution >= 4 is 21.6 Å². The summed E-state index contributed by atoms with van der Waals surface area (Å²) in [4.78, 5) is 4.12. The highest BCUT2D eigenvalue weighted by Gasteiger charge is 2.27. The Morgan fingerprint density at radius 2 is 2.22 bits per heavy atom. The van der Waals surface area contributed by atoms with Crippen LogP contribution in [0, 0.1) is 5.92 Å². The summed E-state index contributed by atoms with van der Waals surface area (Å²) >= 11 is 3.32. The van der Waals surface area contributed by atoms with E-state index >= 15 is 0 Å². The van der Waals surface area contributed by atoms with Crippen LogP contribution in [0.25, 0.3) is 0 Å². The fraction of sp³-hybridized carbons (Fsp3) is 0.571. The highest BCUT2D eigenvalue weighted by molar-refractivity contribution is 9.12. The van der Waals surface area contributed by atoms with Crippen molar-refractivity contribution in [2.24, 2.45) is 10.9 Å². The highest BCUT2D eigenvalue weighted by atomic mass is 79.9. The van der Waals surface area contributed by atoms with E-state index in [4.69, 9.17) is 0 Å². The van der Waals surface area contributed by atoms with E-state index in [9.17, 15) is 0 Å². The summed E-state index contributed by atoms with van der Waals surface area (Å²) in [6.07, 6.45) is 2.58. The van der Waals surface area contributed by atoms with E-state index in [2.05, 4.69) is 27.5 Å². The number of rotatable bonds is 2. The average Bonchev–Trinajstić information content (AvgIpc) is 2.50. The first-order chi connectivity index (χ1) is 4.25. The monoisotopic (exact) mass is 187 g/mol. The minimum atomic E-state index is 0.710. The average molecular weight is 188 g/mol. The maximum absolute atomic E-state index is 4.12. The van der Waals surface area contributed by atoms with Crippen LogP contribution in [0.3, 0.4) is 0 Å². The molecule has 1 aliphatic carbocycles. The second kappa shape index (κ2) is 2.65. The molecule has 0 saturated heterocycles. The lowest BCUT2D eigenvalue weighted by molar-refractivity contribution is 1.18. The van der Waals surface area contributed by atoms with Gasteiger partial charge in [-0.25, -0.2) is 0 Å². The predicted molar refractivity (Wildman–Crippen MR) is 44.2 cm³/mol. The van der Waals surface area contributed by atoms with E-state index in [1.54, 1.807) is 0 Å². The molecule has 0 aromatic heterocycles. The lowest BCUT2D eigenvalue weighted by Crippen LogP contribution is -1.98. The largest absolute Gasteiger partial charge is 0.292 e. The van der Waals surface area contributed by atoms with E-state index in [0.717, 1.165) is 10.2 Å². The molecule has 9 heavy (non-hydrogen) atoms. The molecule has 0 aromatic carbocycles. The van der Waals surface area contributed by atoms with E-state index in [1.165, 1.54) is 12.8 Å². The van der Waals surface area contributed by atoms with E-state index < -0.39 is 0 Å². The number of aliphatic imine (C=N–C) groups is 1. The van der Waals surface area contributed by atoms with Gasteiger partial charge in [-0.2, -0.15) is 0 Å². The molecule has 0 radical (unpaired) electrons. The fourth-order valence-electron chi connectivity index (χ4n) is 0.882. The highest BCUT2D eigenvalue weighted by Crippen LogP contribution is 2.34. The molecule has 1 saturated carbocycles. The Kier molecular flexibility index (Phi) is 2.06. The van der Waals surface area contributed by atoms with Gasteiger partial charge in [0.1, 0.15) is 0 Å². The molecule has 2 heteroatoms. The number of halogens is 1. The molecule has 0 unspecified atom stereocenters. The molecule has 0 spiro atoms. The van der Waals surface area contributed by atoms with Crippen molar-refractivity contribution in [2.75, 3.05) is 7.05 Å². The second-order valence-electron chi connectivity index (χ2n) is 2.29. The Labute approximate surface area is 64.0 Å². The lowest BCUT2D eigenvalue weighted by atomic mass is 10.2. The van der Waals surface area contributed by atoms with Crippen molar-refractivity contribution < 1.29 is 0 Å². The summed E-state index contributed by atoms with van der Waals surface area (Å²) in [5.41, 5.74) is 1.15. The molecule has 1 nitrogen and oxygen atoms in total. The number of allylic oxidation sites excluding steroid dienone is 1. The Balaban J connectivity index is 2.59. The van der Waals surface area contributed by atoms with E-state index in [0.29, 0.717) is 5.92 Å². The zero-order valence-corrected chi connectivity index (χ0v) is 7.11. The molecule has 0 amide bonds. The standard InChI is InChI=1S/C7H10BrN/c1-5(8)7(9-2)6-3-4-6/h6H,1,3-4H2,2H3. The summed E-state index contributed by atoms with van der Waals surface area (Å²) in [6, 6.07) is 0. The van der Waals surface area contributed by atoms with Gasteiger partial charge >= 0.3 is 0 Å². The Morgan fingerprint density at radius 3 is 2.33 bits per heavy atom. The van der Waals surface area contributed by atoms with Crippen LogP contribution < -0.4 is 0 Å². The lowest BCUT2D eigenvalue weighted by Gasteiger charge is -1.97. The van der Waals surface area contributed by atoms with Gasteiger partial charge in [-0.15, -0.1) is 0 Å². The number of hydrogen-bond donors (Lipinski definition) is 0. The van der Waals surface area contributed by atoms with Crippen molar-refractivity contribution in [2.45, 2.75) is 12.8 Å². The topological polar surface area (TPSA) is 12.4 Å². The van der Waals surface area contributed by atoms with Gasteiger partial charge in [0.2, 0.25) is 0 Å². The Hall–Kier alpha value is -0.110. The minimum Gasteiger partial charge on any atom is -0.292 e. The van der Waals surface area contributed by atoms with Crippen molar-refractivity contribution in [3.8, 4) is 0 Å². The summed E-state index contributed by atoms with van der Waals surface area (Å²) in [5.74, 6) is 0.710. The van der Waals surface area contributed by atoms with Gasteiger partial charge < -0.3 is 0 Å². The van der Waals surface area contributed by atoms with E-state index in [-0.39, 0.29) is 0 Å². The SMILES string of the molecule is C=C(Br)C(=NC)C1CC1. The molecular weight excluding hydrogens is 178 g/mol. The Morgan fingerprint density at radius 1 is 1.67 bits per heavy atom. The minimum absolute atomic E-state index is 0.710. The first-order valence-corrected chi connectivity index (χ1v) is 3.86. The third-order valence-corrected chi connectivity index (χ3v) is 1.89. The van der Waals surface area contributed by atoms with Gasteiger partial charge in [-0.3, -0.25) is 4.99 Å². The zero-order chi connectivity index (χ0) is 6.85. The molecule has 1 rings (SSSR count). The summed E-state index contributed by atoms with van der Waals surface area (Å²) in [7, 11) is 1.82. The zero-order valence-electron chi connectivity index (χ0n) is 5.52. The van der Waals surface area contributed by atoms with Gasteiger partial charge in [-0.05, 0) is 28.8 Å². The number of nitrogens with zero attached hydrogens (tertiary/aromatic N) is 1. The number of hydrogen-bond acceptors (Lipinski definition) is 1. The molecule has 0 aromatic rings. The third kappa shape index (κ3) is 1.65. The van der Waals surface area contributed by atoms with Crippen LogP contribution in [0.15, 0.2) is 16.1 Å². The van der Waals surface area contributed by atoms with Crippen molar-refractivity contribution in [3.05, 3.63) is 11.1 Å². The predicted octanol–water partition coefficient (Wildman–Crippen LogP) is 2.38. The van der Waals surface area contributed by atoms with Gasteiger partial charge in [0.15, 0.2) is 0 Å². The summed E-state index contributed by atoms with van der Waals surface area (Å²) < 4.78 is 0.951. The van der Waals surface area contributed by atoms with Crippen molar-refractivity contribution in [1.82, 2.24) is 0 Å². The van der Waals surface area contributed by atoms with Crippen LogP contribution in [0.2, 0.25) is 0 Å². The van der Waals surface area contributed by atoms with Crippen LogP contribution >= 0.6 is 15.9 Å². The van der Waals surface area contributed by atoms with Crippen molar-refractivity contribution in [1.29, 1.82) is 0 Å². The summed E-state index contributed by atoms with van der Waals surface area (Å²) in [6.45, 7) is 3.77. The smallest absolute Gasteiger partial charge is 0.0511 e. The van der Waals surface area contributed by atoms with Crippen LogP contribution in [0.1, 0.15) is 12.8 Å². The van der Waals surface area contributed by atoms with Crippen LogP contribution in [0.5, 0.6) is 0 Å². The molecule has 0 bridgehead atoms. The molecule has 0 heterocycles. The maximum Gasteiger partial charge on any atom is 0.0511 e. The molecule has 0 aliphatic heterocycles. The van der Waals surface area contributed by atoms with Gasteiger partial charge in [-0.1, -0.05) is 6.58 Å². The van der Waals surface area contributed by atoms with Crippen LogP contribution in [-0.4, -0.2) is 12.8 Å². The normalized spacial score (nSPS) is 20.0. The molecule has 1 aliphatic rings. The maximum atomic E-state index is 4.12. The third-order valence-electron chi connectivity index (χ3n) is 1.48. The van der Waals surface area contributed by atoms with Gasteiger partial charge in [0, 0.05) is 17.4 Å². The van der Waals surface area contributed by atoms with Gasteiger partial charge in [0.05, 0.1) is 5.71 Å². The fourth-order valence-corrected chi connectivity index (χ4v) is 1.38. The van der Waals surface area contributed by atoms with Crippen LogP contribution in [-0.2, 0) is 0 Å². The molecular formula is C7H10BrN. The van der Waals surface area contributed by atoms with Crippen molar-refractivity contribution in [3.63, 3.8) is 0 Å². The second-order valence-corrected chi connectivity index (χ2v) is 3.25. The Bertz CT molecular complexity index is 156. The molecule has 50 valence electrons.